The number of imidazole rings is 1. The molecule has 0 radical (unpaired) electrons. The molecule has 2 rings (SSSR count). The molecule has 0 unspecified atom stereocenters. The van der Waals surface area contributed by atoms with Gasteiger partial charge in [0.15, 0.2) is 0 Å². The van der Waals surface area contributed by atoms with Gasteiger partial charge in [-0.15, -0.1) is 0 Å². The van der Waals surface area contributed by atoms with Crippen LogP contribution in [0.5, 0.6) is 0 Å². The highest BCUT2D eigenvalue weighted by atomic mass is 79.9. The van der Waals surface area contributed by atoms with Gasteiger partial charge in [-0.05, 0) is 24.6 Å². The summed E-state index contributed by atoms with van der Waals surface area (Å²) in [6.07, 6.45) is 5.33. The number of halogens is 1. The molecule has 2 N–H and O–H groups in total. The second kappa shape index (κ2) is 7.09. The lowest BCUT2D eigenvalue weighted by Crippen LogP contribution is -2.42. The molecule has 106 valence electrons. The Morgan fingerprint density at radius 2 is 2.35 bits per heavy atom. The molecule has 1 aromatic carbocycles. The van der Waals surface area contributed by atoms with Gasteiger partial charge in [0.2, 0.25) is 0 Å². The van der Waals surface area contributed by atoms with Gasteiger partial charge in [-0.2, -0.15) is 0 Å². The van der Waals surface area contributed by atoms with Crippen LogP contribution in [0.25, 0.3) is 0 Å². The van der Waals surface area contributed by atoms with Gasteiger partial charge in [0.1, 0.15) is 0 Å². The van der Waals surface area contributed by atoms with Crippen LogP contribution in [0.3, 0.4) is 0 Å². The van der Waals surface area contributed by atoms with E-state index in [1.54, 1.807) is 12.5 Å². The third-order valence-corrected chi connectivity index (χ3v) is 3.26. The normalized spacial score (nSPS) is 11.9. The lowest BCUT2D eigenvalue weighted by atomic mass is 10.2. The summed E-state index contributed by atoms with van der Waals surface area (Å²) in [5, 5.41) is 5.73. The molecular formula is C14H17BrN4O. The van der Waals surface area contributed by atoms with E-state index in [0.29, 0.717) is 13.1 Å². The summed E-state index contributed by atoms with van der Waals surface area (Å²) in [7, 11) is 0. The Labute approximate surface area is 126 Å². The van der Waals surface area contributed by atoms with Crippen LogP contribution in [0.1, 0.15) is 12.5 Å². The van der Waals surface area contributed by atoms with Crippen LogP contribution in [-0.2, 0) is 13.1 Å². The van der Waals surface area contributed by atoms with Crippen molar-refractivity contribution in [1.29, 1.82) is 0 Å². The van der Waals surface area contributed by atoms with Gasteiger partial charge < -0.3 is 15.2 Å². The zero-order valence-electron chi connectivity index (χ0n) is 11.2. The Morgan fingerprint density at radius 3 is 3.05 bits per heavy atom. The number of nitrogens with one attached hydrogen (secondary N) is 2. The molecule has 5 nitrogen and oxygen atoms in total. The van der Waals surface area contributed by atoms with Crippen molar-refractivity contribution in [3.63, 3.8) is 0 Å². The number of hydrogen-bond donors (Lipinski definition) is 2. The van der Waals surface area contributed by atoms with E-state index in [0.717, 1.165) is 10.0 Å². The lowest BCUT2D eigenvalue weighted by molar-refractivity contribution is 0.236. The standard InChI is InChI=1S/C14H17BrN4O/c1-11(9-19-6-5-16-10-19)18-14(20)17-8-12-3-2-4-13(15)7-12/h2-7,10-11H,8-9H2,1H3,(H2,17,18,20)/t11-/m0/s1. The van der Waals surface area contributed by atoms with Crippen LogP contribution in [0.2, 0.25) is 0 Å². The van der Waals surface area contributed by atoms with Gasteiger partial charge >= 0.3 is 6.03 Å². The van der Waals surface area contributed by atoms with E-state index in [1.165, 1.54) is 0 Å². The van der Waals surface area contributed by atoms with E-state index >= 15 is 0 Å². The predicted molar refractivity (Wildman–Crippen MR) is 81.2 cm³/mol. The second-order valence-electron chi connectivity index (χ2n) is 4.62. The summed E-state index contributed by atoms with van der Waals surface area (Å²) in [5.74, 6) is 0. The van der Waals surface area contributed by atoms with Crippen LogP contribution in [0.15, 0.2) is 47.5 Å². The van der Waals surface area contributed by atoms with Crippen LogP contribution in [0, 0.1) is 0 Å². The van der Waals surface area contributed by atoms with Crippen molar-refractivity contribution in [2.45, 2.75) is 26.1 Å². The minimum Gasteiger partial charge on any atom is -0.335 e. The first-order valence-electron chi connectivity index (χ1n) is 6.38. The third kappa shape index (κ3) is 4.70. The Kier molecular flexibility index (Phi) is 5.17. The molecule has 0 saturated carbocycles. The molecule has 0 fully saturated rings. The molecule has 0 aliphatic rings. The first-order valence-corrected chi connectivity index (χ1v) is 7.17. The molecule has 0 bridgehead atoms. The SMILES string of the molecule is C[C@@H](Cn1ccnc1)NC(=O)NCc1cccc(Br)c1. The largest absolute Gasteiger partial charge is 0.335 e. The molecule has 2 amide bonds. The van der Waals surface area contributed by atoms with Crippen molar-refractivity contribution in [1.82, 2.24) is 20.2 Å². The molecule has 0 saturated heterocycles. The summed E-state index contributed by atoms with van der Waals surface area (Å²) in [5.41, 5.74) is 1.05. The fraction of sp³-hybridized carbons (Fsp3) is 0.286. The monoisotopic (exact) mass is 336 g/mol. The highest BCUT2D eigenvalue weighted by molar-refractivity contribution is 9.10. The average Bonchev–Trinajstić information content (AvgIpc) is 2.89. The fourth-order valence-corrected chi connectivity index (χ4v) is 2.31. The van der Waals surface area contributed by atoms with Crippen molar-refractivity contribution >= 4 is 22.0 Å². The van der Waals surface area contributed by atoms with E-state index in [-0.39, 0.29) is 12.1 Å². The molecule has 0 aliphatic heterocycles. The van der Waals surface area contributed by atoms with Crippen molar-refractivity contribution in [2.24, 2.45) is 0 Å². The molecule has 6 heteroatoms. The minimum atomic E-state index is -0.169. The molecule has 2 aromatic rings. The summed E-state index contributed by atoms with van der Waals surface area (Å²) in [6, 6.07) is 7.72. The molecule has 0 spiro atoms. The van der Waals surface area contributed by atoms with Crippen molar-refractivity contribution in [3.05, 3.63) is 53.0 Å². The van der Waals surface area contributed by atoms with Gasteiger partial charge in [0.25, 0.3) is 0 Å². The van der Waals surface area contributed by atoms with Crippen LogP contribution < -0.4 is 10.6 Å². The van der Waals surface area contributed by atoms with E-state index in [9.17, 15) is 4.79 Å². The Balaban J connectivity index is 1.75. The maximum atomic E-state index is 11.8. The number of amides is 2. The fourth-order valence-electron chi connectivity index (χ4n) is 1.86. The minimum absolute atomic E-state index is 0.0340. The molecule has 1 atom stereocenters. The van der Waals surface area contributed by atoms with Crippen LogP contribution in [0.4, 0.5) is 4.79 Å². The van der Waals surface area contributed by atoms with E-state index in [1.807, 2.05) is 42.0 Å². The van der Waals surface area contributed by atoms with Gasteiger partial charge in [0, 0.05) is 36.0 Å². The van der Waals surface area contributed by atoms with Crippen molar-refractivity contribution in [2.75, 3.05) is 0 Å². The lowest BCUT2D eigenvalue weighted by Gasteiger charge is -2.15. The second-order valence-corrected chi connectivity index (χ2v) is 5.53. The Hall–Kier alpha value is -1.82. The predicted octanol–water partition coefficient (Wildman–Crippen LogP) is 2.53. The number of hydrogen-bond acceptors (Lipinski definition) is 2. The van der Waals surface area contributed by atoms with Crippen molar-refractivity contribution < 1.29 is 4.79 Å². The van der Waals surface area contributed by atoms with Crippen molar-refractivity contribution in [3.8, 4) is 0 Å². The number of benzene rings is 1. The average molecular weight is 337 g/mol. The molecule has 1 heterocycles. The summed E-state index contributed by atoms with van der Waals surface area (Å²) in [6.45, 7) is 3.16. The Morgan fingerprint density at radius 1 is 1.50 bits per heavy atom. The zero-order chi connectivity index (χ0) is 14.4. The number of carbonyl (C=O) groups is 1. The maximum Gasteiger partial charge on any atom is 0.315 e. The third-order valence-electron chi connectivity index (χ3n) is 2.76. The highest BCUT2D eigenvalue weighted by Crippen LogP contribution is 2.11. The maximum absolute atomic E-state index is 11.8. The van der Waals surface area contributed by atoms with E-state index in [4.69, 9.17) is 0 Å². The molecule has 20 heavy (non-hydrogen) atoms. The summed E-state index contributed by atoms with van der Waals surface area (Å²) < 4.78 is 2.94. The zero-order valence-corrected chi connectivity index (χ0v) is 12.8. The molecule has 1 aromatic heterocycles. The number of nitrogens with zero attached hydrogens (tertiary/aromatic N) is 2. The Bertz CT molecular complexity index is 556. The van der Waals surface area contributed by atoms with Gasteiger partial charge in [0.05, 0.1) is 6.33 Å². The van der Waals surface area contributed by atoms with E-state index in [2.05, 4.69) is 31.5 Å². The van der Waals surface area contributed by atoms with E-state index < -0.39 is 0 Å². The van der Waals surface area contributed by atoms with Gasteiger partial charge in [-0.25, -0.2) is 9.78 Å². The van der Waals surface area contributed by atoms with Gasteiger partial charge in [-0.1, -0.05) is 28.1 Å². The number of carbonyl (C=O) groups excluding carboxylic acids is 1. The first-order chi connectivity index (χ1) is 9.63. The smallest absolute Gasteiger partial charge is 0.315 e. The van der Waals surface area contributed by atoms with Crippen LogP contribution in [-0.4, -0.2) is 21.6 Å². The molecule has 0 aliphatic carbocycles. The topological polar surface area (TPSA) is 59.0 Å². The van der Waals surface area contributed by atoms with Crippen LogP contribution >= 0.6 is 15.9 Å². The highest BCUT2D eigenvalue weighted by Gasteiger charge is 2.07. The summed E-state index contributed by atoms with van der Waals surface area (Å²) in [4.78, 5) is 15.8. The first kappa shape index (κ1) is 14.6. The number of rotatable bonds is 5. The summed E-state index contributed by atoms with van der Waals surface area (Å²) >= 11 is 3.41. The number of aromatic nitrogens is 2. The molecular weight excluding hydrogens is 320 g/mol. The van der Waals surface area contributed by atoms with Gasteiger partial charge in [-0.3, -0.25) is 0 Å². The number of urea groups is 1. The quantitative estimate of drug-likeness (QED) is 0.881.